The Hall–Kier alpha value is -2.92. The molecule has 0 bridgehead atoms. The Kier molecular flexibility index (Phi) is 9.35. The van der Waals surface area contributed by atoms with Crippen LogP contribution in [0.15, 0.2) is 93.5 Å². The fraction of sp³-hybridized carbons (Fsp3) is 0.357. The van der Waals surface area contributed by atoms with Gasteiger partial charge in [0, 0.05) is 5.56 Å². The van der Waals surface area contributed by atoms with E-state index in [-0.39, 0.29) is 11.3 Å². The molecule has 1 heterocycles. The normalized spacial score (nSPS) is 19.1. The number of hydrogen-bond acceptors (Lipinski definition) is 6. The standard InChI is InChI=1S/C28H24F8O6S2/c1-24(41-17-26(31,32)27(33,34)18-42-24)19-7-11-22(12-8-19)43(21-5-3-2-4-6-21)23-13-9-20(10-14-23)40-16-15-25(29,30)28(35,36)44(37,38)39/h2-14H,15-18H2,1H3. The zero-order valence-corrected chi connectivity index (χ0v) is 24.3. The van der Waals surface area contributed by atoms with Crippen molar-refractivity contribution in [3.8, 4) is 5.75 Å². The molecule has 1 aliphatic heterocycles. The summed E-state index contributed by atoms with van der Waals surface area (Å²) in [6, 6.07) is 21.2. The van der Waals surface area contributed by atoms with Crippen molar-refractivity contribution < 1.29 is 62.3 Å². The van der Waals surface area contributed by atoms with Crippen LogP contribution in [0.2, 0.25) is 0 Å². The van der Waals surface area contributed by atoms with Gasteiger partial charge in [-0.3, -0.25) is 0 Å². The third kappa shape index (κ3) is 6.83. The summed E-state index contributed by atoms with van der Waals surface area (Å²) in [6.07, 6.45) is -1.74. The van der Waals surface area contributed by atoms with Gasteiger partial charge in [-0.25, -0.2) is 8.42 Å². The molecule has 4 rings (SSSR count). The third-order valence-electron chi connectivity index (χ3n) is 6.67. The lowest BCUT2D eigenvalue weighted by atomic mass is 10.1. The van der Waals surface area contributed by atoms with Crippen molar-refractivity contribution in [2.24, 2.45) is 0 Å². The van der Waals surface area contributed by atoms with Crippen molar-refractivity contribution in [2.75, 3.05) is 19.8 Å². The topological polar surface area (TPSA) is 84.9 Å². The maximum absolute atomic E-state index is 13.8. The molecule has 44 heavy (non-hydrogen) atoms. The van der Waals surface area contributed by atoms with Gasteiger partial charge >= 0.3 is 23.0 Å². The first-order valence-electron chi connectivity index (χ1n) is 12.7. The minimum absolute atomic E-state index is 0.00556. The molecule has 0 aromatic heterocycles. The van der Waals surface area contributed by atoms with E-state index in [1.54, 1.807) is 42.5 Å². The average Bonchev–Trinajstić information content (AvgIpc) is 3.04. The van der Waals surface area contributed by atoms with E-state index in [1.807, 2.05) is 12.1 Å². The van der Waals surface area contributed by atoms with Crippen LogP contribution < -0.4 is 4.74 Å². The Balaban J connectivity index is 1.54. The molecule has 16 heteroatoms. The summed E-state index contributed by atoms with van der Waals surface area (Å²) < 4.78 is 156. The van der Waals surface area contributed by atoms with Gasteiger partial charge in [0.2, 0.25) is 0 Å². The molecular weight excluding hydrogens is 648 g/mol. The van der Waals surface area contributed by atoms with Crippen LogP contribution in [0.4, 0.5) is 35.1 Å². The number of alkyl halides is 8. The summed E-state index contributed by atoms with van der Waals surface area (Å²) in [5.74, 6) is -15.9. The van der Waals surface area contributed by atoms with Crippen molar-refractivity contribution in [3.05, 3.63) is 84.4 Å². The van der Waals surface area contributed by atoms with Crippen LogP contribution in [0.5, 0.6) is 5.75 Å². The highest BCUT2D eigenvalue weighted by molar-refractivity contribution is 7.97. The molecule has 6 nitrogen and oxygen atoms in total. The molecule has 0 radical (unpaired) electrons. The highest BCUT2D eigenvalue weighted by Gasteiger charge is 2.62. The van der Waals surface area contributed by atoms with E-state index >= 15 is 0 Å². The summed E-state index contributed by atoms with van der Waals surface area (Å²) >= 11 is 0. The highest BCUT2D eigenvalue weighted by atomic mass is 32.2. The van der Waals surface area contributed by atoms with Crippen LogP contribution in [-0.2, 0) is 36.3 Å². The molecule has 240 valence electrons. The minimum atomic E-state index is -6.61. The molecular formula is C28H24F8O6S2. The third-order valence-corrected chi connectivity index (χ3v) is 9.83. The van der Waals surface area contributed by atoms with E-state index in [9.17, 15) is 48.1 Å². The van der Waals surface area contributed by atoms with Crippen LogP contribution >= 0.6 is 0 Å². The number of hydrogen-bond donors (Lipinski definition) is 0. The van der Waals surface area contributed by atoms with E-state index < -0.39 is 76.1 Å². The molecule has 3 aromatic rings. The van der Waals surface area contributed by atoms with Gasteiger partial charge in [0.15, 0.2) is 30.6 Å². The van der Waals surface area contributed by atoms with Crippen molar-refractivity contribution in [1.29, 1.82) is 0 Å². The largest absolute Gasteiger partial charge is 0.743 e. The Labute approximate surface area is 250 Å². The van der Waals surface area contributed by atoms with Crippen LogP contribution in [0.25, 0.3) is 0 Å². The van der Waals surface area contributed by atoms with E-state index in [0.717, 1.165) is 4.90 Å². The molecule has 1 unspecified atom stereocenters. The average molecular weight is 673 g/mol. The first-order chi connectivity index (χ1) is 20.3. The second kappa shape index (κ2) is 12.1. The molecule has 1 aliphatic rings. The lowest BCUT2D eigenvalue weighted by Gasteiger charge is -2.28. The Bertz CT molecular complexity index is 1520. The quantitative estimate of drug-likeness (QED) is 0.134. The summed E-state index contributed by atoms with van der Waals surface area (Å²) in [5.41, 5.74) is 0.210. The van der Waals surface area contributed by atoms with Crippen LogP contribution in [0, 0.1) is 0 Å². The van der Waals surface area contributed by atoms with Crippen molar-refractivity contribution >= 4 is 21.0 Å². The molecule has 0 spiro atoms. The summed E-state index contributed by atoms with van der Waals surface area (Å²) in [7, 11) is -7.43. The molecule has 3 aromatic carbocycles. The zero-order valence-electron chi connectivity index (χ0n) is 22.6. The number of rotatable bonds is 10. The van der Waals surface area contributed by atoms with Gasteiger partial charge in [0.05, 0.1) is 23.9 Å². The van der Waals surface area contributed by atoms with Gasteiger partial charge in [0.1, 0.15) is 19.0 Å². The van der Waals surface area contributed by atoms with E-state index in [4.69, 9.17) is 14.2 Å². The smallest absolute Gasteiger partial charge is 0.396 e. The fourth-order valence-corrected chi connectivity index (χ4v) is 6.56. The number of ether oxygens (including phenoxy) is 3. The molecule has 0 aliphatic carbocycles. The second-order valence-corrected chi connectivity index (χ2v) is 13.3. The molecule has 1 fully saturated rings. The van der Waals surface area contributed by atoms with Crippen molar-refractivity contribution in [2.45, 2.75) is 56.8 Å². The Morgan fingerprint density at radius 2 is 1.25 bits per heavy atom. The van der Waals surface area contributed by atoms with Gasteiger partial charge in [0.25, 0.3) is 0 Å². The molecule has 1 atom stereocenters. The maximum Gasteiger partial charge on any atom is 0.396 e. The monoisotopic (exact) mass is 672 g/mol. The predicted octanol–water partition coefficient (Wildman–Crippen LogP) is 6.81. The molecule has 1 saturated heterocycles. The summed E-state index contributed by atoms with van der Waals surface area (Å²) in [5, 5.41) is -5.81. The van der Waals surface area contributed by atoms with Crippen LogP contribution in [0.1, 0.15) is 18.9 Å². The molecule has 0 N–H and O–H groups in total. The Morgan fingerprint density at radius 1 is 0.795 bits per heavy atom. The van der Waals surface area contributed by atoms with E-state index in [1.165, 1.54) is 31.2 Å². The van der Waals surface area contributed by atoms with Gasteiger partial charge in [-0.05, 0) is 67.6 Å². The highest BCUT2D eigenvalue weighted by Crippen LogP contribution is 2.43. The van der Waals surface area contributed by atoms with Gasteiger partial charge in [-0.1, -0.05) is 18.2 Å². The van der Waals surface area contributed by atoms with Gasteiger partial charge < -0.3 is 18.8 Å². The minimum Gasteiger partial charge on any atom is -0.743 e. The number of benzene rings is 3. The summed E-state index contributed by atoms with van der Waals surface area (Å²) in [6.45, 7) is -2.88. The van der Waals surface area contributed by atoms with Crippen LogP contribution in [0.3, 0.4) is 0 Å². The molecule has 0 saturated carbocycles. The fourth-order valence-electron chi connectivity index (χ4n) is 4.03. The lowest BCUT2D eigenvalue weighted by Crippen LogP contribution is -2.47. The van der Waals surface area contributed by atoms with Gasteiger partial charge in [-0.15, -0.1) is 0 Å². The van der Waals surface area contributed by atoms with Gasteiger partial charge in [-0.2, -0.15) is 35.1 Å². The predicted molar refractivity (Wildman–Crippen MR) is 140 cm³/mol. The van der Waals surface area contributed by atoms with Crippen molar-refractivity contribution in [1.82, 2.24) is 0 Å². The molecule has 0 amide bonds. The number of halogens is 8. The van der Waals surface area contributed by atoms with E-state index in [2.05, 4.69) is 0 Å². The summed E-state index contributed by atoms with van der Waals surface area (Å²) in [4.78, 5) is 2.20. The van der Waals surface area contributed by atoms with Crippen molar-refractivity contribution in [3.63, 3.8) is 0 Å². The lowest BCUT2D eigenvalue weighted by molar-refractivity contribution is -0.233. The Morgan fingerprint density at radius 3 is 1.73 bits per heavy atom. The first kappa shape index (κ1) is 34.0. The maximum atomic E-state index is 13.8. The van der Waals surface area contributed by atoms with Crippen LogP contribution in [-0.4, -0.2) is 55.8 Å². The van der Waals surface area contributed by atoms with E-state index in [0.29, 0.717) is 9.79 Å². The zero-order chi connectivity index (χ0) is 32.6. The SMILES string of the molecule is CC1(c2ccc([S+](c3ccccc3)c3ccc(OCCC(F)(F)C(F)(F)S(=O)(=O)[O-])cc3)cc2)OCC(F)(F)C(F)(F)CO1. The first-order valence-corrected chi connectivity index (χ1v) is 15.3. The second-order valence-electron chi connectivity index (χ2n) is 9.82.